The van der Waals surface area contributed by atoms with Gasteiger partial charge in [-0.2, -0.15) is 13.2 Å². The smallest absolute Gasteiger partial charge is 0.332 e. The van der Waals surface area contributed by atoms with E-state index in [0.29, 0.717) is 12.8 Å². The van der Waals surface area contributed by atoms with Crippen molar-refractivity contribution >= 4 is 5.91 Å². The summed E-state index contributed by atoms with van der Waals surface area (Å²) in [4.78, 5) is 12.5. The number of hydrogen-bond acceptors (Lipinski definition) is 2. The number of nitrogens with two attached hydrogens (primary N) is 1. The number of carbonyl (C=O) groups is 1. The fraction of sp³-hybridized carbons (Fsp3) is 0.909. The van der Waals surface area contributed by atoms with Crippen molar-refractivity contribution in [1.82, 2.24) is 4.90 Å². The van der Waals surface area contributed by atoms with Crippen molar-refractivity contribution in [2.24, 2.45) is 11.7 Å². The lowest BCUT2D eigenvalue weighted by atomic mass is 10.0. The van der Waals surface area contributed by atoms with Crippen LogP contribution >= 0.6 is 0 Å². The maximum atomic E-state index is 12.3. The fourth-order valence-electron chi connectivity index (χ4n) is 1.60. The molecule has 6 heteroatoms. The van der Waals surface area contributed by atoms with Crippen molar-refractivity contribution in [3.05, 3.63) is 0 Å². The van der Waals surface area contributed by atoms with Gasteiger partial charge < -0.3 is 10.6 Å². The molecule has 2 N–H and O–H groups in total. The molecular formula is C11H21F3N2O. The molecular weight excluding hydrogens is 233 g/mol. The number of halogens is 3. The third-order valence-electron chi connectivity index (χ3n) is 2.22. The second-order valence-electron chi connectivity index (χ2n) is 4.61. The van der Waals surface area contributed by atoms with Crippen LogP contribution in [0.1, 0.15) is 33.6 Å². The molecule has 0 aliphatic carbocycles. The van der Waals surface area contributed by atoms with Crippen molar-refractivity contribution in [3.63, 3.8) is 0 Å². The third-order valence-corrected chi connectivity index (χ3v) is 2.22. The minimum Gasteiger partial charge on any atom is -0.332 e. The summed E-state index contributed by atoms with van der Waals surface area (Å²) in [6.45, 7) is 4.35. The van der Waals surface area contributed by atoms with Gasteiger partial charge in [0.2, 0.25) is 5.91 Å². The quantitative estimate of drug-likeness (QED) is 0.789. The maximum absolute atomic E-state index is 12.3. The highest BCUT2D eigenvalue weighted by atomic mass is 19.4. The van der Waals surface area contributed by atoms with Crippen LogP contribution in [0.4, 0.5) is 13.2 Å². The molecule has 1 amide bonds. The molecule has 1 atom stereocenters. The largest absolute Gasteiger partial charge is 0.406 e. The van der Waals surface area contributed by atoms with Crippen LogP contribution in [0.25, 0.3) is 0 Å². The number of alkyl halides is 3. The Hall–Kier alpha value is -0.780. The molecule has 0 heterocycles. The number of carbonyl (C=O) groups excluding carboxylic acids is 1. The van der Waals surface area contributed by atoms with Gasteiger partial charge in [-0.05, 0) is 18.8 Å². The second kappa shape index (κ2) is 6.83. The SMILES string of the molecule is CCCN(CC(F)(F)F)C(=O)C(N)CC(C)C. The standard InChI is InChI=1S/C11H21F3N2O/c1-4-5-16(7-11(12,13)14)10(17)9(15)6-8(2)3/h8-9H,4-7,15H2,1-3H3. The zero-order valence-electron chi connectivity index (χ0n) is 10.5. The lowest BCUT2D eigenvalue weighted by Crippen LogP contribution is -2.48. The van der Waals surface area contributed by atoms with Gasteiger partial charge in [-0.1, -0.05) is 20.8 Å². The predicted octanol–water partition coefficient (Wildman–Crippen LogP) is 2.16. The van der Waals surface area contributed by atoms with Crippen LogP contribution in [0.2, 0.25) is 0 Å². The first kappa shape index (κ1) is 16.2. The van der Waals surface area contributed by atoms with Crippen molar-refractivity contribution in [2.75, 3.05) is 13.1 Å². The highest BCUT2D eigenvalue weighted by Crippen LogP contribution is 2.18. The van der Waals surface area contributed by atoms with Gasteiger partial charge in [0, 0.05) is 6.54 Å². The van der Waals surface area contributed by atoms with E-state index in [1.807, 2.05) is 13.8 Å². The summed E-state index contributed by atoms with van der Waals surface area (Å²) < 4.78 is 36.8. The summed E-state index contributed by atoms with van der Waals surface area (Å²) in [7, 11) is 0. The zero-order valence-corrected chi connectivity index (χ0v) is 10.5. The molecule has 3 nitrogen and oxygen atoms in total. The molecule has 0 aromatic heterocycles. The minimum atomic E-state index is -4.37. The molecule has 0 fully saturated rings. The van der Waals surface area contributed by atoms with E-state index in [9.17, 15) is 18.0 Å². The average Bonchev–Trinajstić information content (AvgIpc) is 2.12. The number of nitrogens with zero attached hydrogens (tertiary/aromatic N) is 1. The van der Waals surface area contributed by atoms with Crippen molar-refractivity contribution in [2.45, 2.75) is 45.8 Å². The zero-order chi connectivity index (χ0) is 13.6. The summed E-state index contributed by atoms with van der Waals surface area (Å²) >= 11 is 0. The van der Waals surface area contributed by atoms with Crippen LogP contribution in [0, 0.1) is 5.92 Å². The van der Waals surface area contributed by atoms with E-state index < -0.39 is 24.7 Å². The van der Waals surface area contributed by atoms with Crippen LogP contribution in [0.3, 0.4) is 0 Å². The van der Waals surface area contributed by atoms with Crippen LogP contribution in [-0.4, -0.2) is 36.1 Å². The van der Waals surface area contributed by atoms with E-state index in [-0.39, 0.29) is 12.5 Å². The Kier molecular flexibility index (Phi) is 6.52. The third kappa shape index (κ3) is 7.20. The van der Waals surface area contributed by atoms with E-state index in [1.54, 1.807) is 6.92 Å². The molecule has 17 heavy (non-hydrogen) atoms. The predicted molar refractivity (Wildman–Crippen MR) is 60.4 cm³/mol. The number of hydrogen-bond donors (Lipinski definition) is 1. The van der Waals surface area contributed by atoms with Crippen molar-refractivity contribution in [3.8, 4) is 0 Å². The summed E-state index contributed by atoms with van der Waals surface area (Å²) in [5, 5.41) is 0. The summed E-state index contributed by atoms with van der Waals surface area (Å²) in [6.07, 6.45) is -3.49. The van der Waals surface area contributed by atoms with Crippen LogP contribution in [-0.2, 0) is 4.79 Å². The fourth-order valence-corrected chi connectivity index (χ4v) is 1.60. The van der Waals surface area contributed by atoms with Gasteiger partial charge in [0.05, 0.1) is 6.04 Å². The Balaban J connectivity index is 4.53. The Labute approximate surface area is 100 Å². The molecule has 1 unspecified atom stereocenters. The normalized spacial score (nSPS) is 13.9. The molecule has 0 spiro atoms. The van der Waals surface area contributed by atoms with Crippen molar-refractivity contribution < 1.29 is 18.0 Å². The molecule has 0 bridgehead atoms. The van der Waals surface area contributed by atoms with E-state index in [0.717, 1.165) is 4.90 Å². The van der Waals surface area contributed by atoms with Crippen LogP contribution in [0.15, 0.2) is 0 Å². The van der Waals surface area contributed by atoms with E-state index in [1.165, 1.54) is 0 Å². The Bertz CT molecular complexity index is 241. The monoisotopic (exact) mass is 254 g/mol. The molecule has 0 aliphatic rings. The highest BCUT2D eigenvalue weighted by Gasteiger charge is 2.34. The van der Waals surface area contributed by atoms with Gasteiger partial charge in [0.1, 0.15) is 6.54 Å². The van der Waals surface area contributed by atoms with Gasteiger partial charge in [-0.25, -0.2) is 0 Å². The van der Waals surface area contributed by atoms with E-state index >= 15 is 0 Å². The summed E-state index contributed by atoms with van der Waals surface area (Å²) in [5.74, 6) is -0.429. The molecule has 0 saturated carbocycles. The molecule has 0 aromatic rings. The maximum Gasteiger partial charge on any atom is 0.406 e. The second-order valence-corrected chi connectivity index (χ2v) is 4.61. The van der Waals surface area contributed by atoms with Gasteiger partial charge in [0.15, 0.2) is 0 Å². The average molecular weight is 254 g/mol. The first-order valence-electron chi connectivity index (χ1n) is 5.78. The molecule has 0 aliphatic heterocycles. The van der Waals surface area contributed by atoms with E-state index in [4.69, 9.17) is 5.73 Å². The molecule has 102 valence electrons. The van der Waals surface area contributed by atoms with Gasteiger partial charge >= 0.3 is 6.18 Å². The van der Waals surface area contributed by atoms with Gasteiger partial charge in [-0.3, -0.25) is 4.79 Å². The Morgan fingerprint density at radius 2 is 1.88 bits per heavy atom. The summed E-state index contributed by atoms with van der Waals surface area (Å²) in [5.41, 5.74) is 5.61. The van der Waals surface area contributed by atoms with Crippen LogP contribution < -0.4 is 5.73 Å². The highest BCUT2D eigenvalue weighted by molar-refractivity contribution is 5.81. The van der Waals surface area contributed by atoms with E-state index in [2.05, 4.69) is 0 Å². The Morgan fingerprint density at radius 1 is 1.35 bits per heavy atom. The van der Waals surface area contributed by atoms with Gasteiger partial charge in [0.25, 0.3) is 0 Å². The molecule has 0 saturated heterocycles. The van der Waals surface area contributed by atoms with Crippen LogP contribution in [0.5, 0.6) is 0 Å². The topological polar surface area (TPSA) is 46.3 Å². The molecule has 0 aromatic carbocycles. The minimum absolute atomic E-state index is 0.0874. The Morgan fingerprint density at radius 3 is 2.24 bits per heavy atom. The summed E-state index contributed by atoms with van der Waals surface area (Å²) in [6, 6.07) is -0.844. The van der Waals surface area contributed by atoms with Crippen molar-refractivity contribution in [1.29, 1.82) is 0 Å². The number of amides is 1. The van der Waals surface area contributed by atoms with Gasteiger partial charge in [-0.15, -0.1) is 0 Å². The lowest BCUT2D eigenvalue weighted by Gasteiger charge is -2.26. The lowest BCUT2D eigenvalue weighted by molar-refractivity contribution is -0.162. The molecule has 0 radical (unpaired) electrons. The number of rotatable bonds is 6. The molecule has 0 rings (SSSR count). The first-order valence-corrected chi connectivity index (χ1v) is 5.78. The first-order chi connectivity index (χ1) is 7.67.